The first-order chi connectivity index (χ1) is 8.27. The molecule has 0 saturated carbocycles. The van der Waals surface area contributed by atoms with Crippen LogP contribution in [0, 0.1) is 5.92 Å². The second-order valence-electron chi connectivity index (χ2n) is 4.19. The fourth-order valence-corrected chi connectivity index (χ4v) is 1.94. The number of nitrogens with one attached hydrogen (secondary N) is 1. The van der Waals surface area contributed by atoms with Gasteiger partial charge < -0.3 is 15.2 Å². The van der Waals surface area contributed by atoms with Gasteiger partial charge in [-0.1, -0.05) is 0 Å². The fraction of sp³-hybridized carbons (Fsp3) is 0.500. The Morgan fingerprint density at radius 2 is 2.53 bits per heavy atom. The summed E-state index contributed by atoms with van der Waals surface area (Å²) in [5, 5.41) is 12.2. The van der Waals surface area contributed by atoms with E-state index < -0.39 is 5.97 Å². The number of nitrogens with zero attached hydrogens (tertiary/aromatic N) is 1. The van der Waals surface area contributed by atoms with E-state index in [1.807, 2.05) is 0 Å². The molecule has 5 heteroatoms. The summed E-state index contributed by atoms with van der Waals surface area (Å²) in [6.45, 7) is 2.31. The molecule has 2 N–H and O–H groups in total. The summed E-state index contributed by atoms with van der Waals surface area (Å²) in [5.74, 6) is -0.486. The van der Waals surface area contributed by atoms with Crippen LogP contribution in [0.3, 0.4) is 0 Å². The first-order valence-corrected chi connectivity index (χ1v) is 5.76. The third-order valence-electron chi connectivity index (χ3n) is 2.89. The van der Waals surface area contributed by atoms with Gasteiger partial charge in [0.25, 0.3) is 0 Å². The number of hydrogen-bond acceptors (Lipinski definition) is 4. The minimum atomic E-state index is -0.935. The molecule has 1 atom stereocenters. The Morgan fingerprint density at radius 3 is 3.24 bits per heavy atom. The third kappa shape index (κ3) is 3.17. The molecule has 5 nitrogen and oxygen atoms in total. The third-order valence-corrected chi connectivity index (χ3v) is 2.89. The van der Waals surface area contributed by atoms with Crippen molar-refractivity contribution < 1.29 is 14.6 Å². The Morgan fingerprint density at radius 1 is 1.65 bits per heavy atom. The van der Waals surface area contributed by atoms with Crippen LogP contribution in [-0.2, 0) is 4.74 Å². The quantitative estimate of drug-likeness (QED) is 0.831. The highest BCUT2D eigenvalue weighted by molar-refractivity contribution is 5.93. The van der Waals surface area contributed by atoms with Crippen molar-refractivity contribution in [3.05, 3.63) is 24.0 Å². The van der Waals surface area contributed by atoms with Crippen LogP contribution in [0.25, 0.3) is 0 Å². The van der Waals surface area contributed by atoms with Crippen LogP contribution in [0.4, 0.5) is 5.69 Å². The zero-order chi connectivity index (χ0) is 12.1. The van der Waals surface area contributed by atoms with Crippen LogP contribution in [0.2, 0.25) is 0 Å². The smallest absolute Gasteiger partial charge is 0.337 e. The standard InChI is InChI=1S/C12H16N2O3/c15-12(16)10-3-4-13-7-11(10)14-6-9-2-1-5-17-8-9/h3-4,7,9,14H,1-2,5-6,8H2,(H,15,16). The molecule has 0 aromatic carbocycles. The zero-order valence-electron chi connectivity index (χ0n) is 9.56. The van der Waals surface area contributed by atoms with Crippen molar-refractivity contribution in [1.29, 1.82) is 0 Å². The second kappa shape index (κ2) is 5.63. The highest BCUT2D eigenvalue weighted by atomic mass is 16.5. The number of rotatable bonds is 4. The van der Waals surface area contributed by atoms with E-state index in [0.29, 0.717) is 11.6 Å². The second-order valence-corrected chi connectivity index (χ2v) is 4.19. The van der Waals surface area contributed by atoms with Gasteiger partial charge in [0.2, 0.25) is 0 Å². The van der Waals surface area contributed by atoms with Crippen LogP contribution < -0.4 is 5.32 Å². The van der Waals surface area contributed by atoms with Crippen molar-refractivity contribution in [2.45, 2.75) is 12.8 Å². The lowest BCUT2D eigenvalue weighted by Crippen LogP contribution is -2.24. The summed E-state index contributed by atoms with van der Waals surface area (Å²) < 4.78 is 5.38. The Balaban J connectivity index is 1.96. The first kappa shape index (κ1) is 11.9. The molecule has 1 aromatic rings. The molecule has 17 heavy (non-hydrogen) atoms. The summed E-state index contributed by atoms with van der Waals surface area (Å²) >= 11 is 0. The number of carboxylic acids is 1. The molecule has 1 aliphatic rings. The van der Waals surface area contributed by atoms with Crippen LogP contribution >= 0.6 is 0 Å². The predicted octanol–water partition coefficient (Wildman–Crippen LogP) is 1.62. The van der Waals surface area contributed by atoms with E-state index in [4.69, 9.17) is 9.84 Å². The van der Waals surface area contributed by atoms with Crippen molar-refractivity contribution in [3.63, 3.8) is 0 Å². The molecule has 0 spiro atoms. The van der Waals surface area contributed by atoms with E-state index in [1.54, 1.807) is 6.20 Å². The van der Waals surface area contributed by atoms with Crippen molar-refractivity contribution in [1.82, 2.24) is 4.98 Å². The summed E-state index contributed by atoms with van der Waals surface area (Å²) in [5.41, 5.74) is 0.835. The van der Waals surface area contributed by atoms with Crippen molar-refractivity contribution >= 4 is 11.7 Å². The molecule has 2 heterocycles. The van der Waals surface area contributed by atoms with Gasteiger partial charge in [0.05, 0.1) is 24.1 Å². The maximum absolute atomic E-state index is 11.0. The molecule has 2 rings (SSSR count). The van der Waals surface area contributed by atoms with Crippen LogP contribution in [0.15, 0.2) is 18.5 Å². The average Bonchev–Trinajstić information content (AvgIpc) is 2.38. The summed E-state index contributed by atoms with van der Waals surface area (Å²) in [4.78, 5) is 14.9. The maximum atomic E-state index is 11.0. The van der Waals surface area contributed by atoms with Crippen molar-refractivity contribution in [2.24, 2.45) is 5.92 Å². The number of aromatic nitrogens is 1. The number of pyridine rings is 1. The molecule has 0 radical (unpaired) electrons. The number of aromatic carboxylic acids is 1. The highest BCUT2D eigenvalue weighted by Crippen LogP contribution is 2.17. The van der Waals surface area contributed by atoms with E-state index in [9.17, 15) is 4.79 Å². The SMILES string of the molecule is O=C(O)c1ccncc1NCC1CCCOC1. The van der Waals surface area contributed by atoms with Gasteiger partial charge in [-0.25, -0.2) is 4.79 Å². The molecular weight excluding hydrogens is 220 g/mol. The normalized spacial score (nSPS) is 19.9. The van der Waals surface area contributed by atoms with Gasteiger partial charge in [0.15, 0.2) is 0 Å². The molecule has 1 aromatic heterocycles. The maximum Gasteiger partial charge on any atom is 0.337 e. The van der Waals surface area contributed by atoms with Gasteiger partial charge in [-0.15, -0.1) is 0 Å². The average molecular weight is 236 g/mol. The Hall–Kier alpha value is -1.62. The number of hydrogen-bond donors (Lipinski definition) is 2. The van der Waals surface area contributed by atoms with Gasteiger partial charge in [0, 0.05) is 19.3 Å². The molecule has 1 fully saturated rings. The van der Waals surface area contributed by atoms with E-state index >= 15 is 0 Å². The molecular formula is C12H16N2O3. The highest BCUT2D eigenvalue weighted by Gasteiger charge is 2.15. The van der Waals surface area contributed by atoms with Crippen molar-refractivity contribution in [2.75, 3.05) is 25.1 Å². The molecule has 0 aliphatic carbocycles. The van der Waals surface area contributed by atoms with Gasteiger partial charge in [-0.3, -0.25) is 4.98 Å². The van der Waals surface area contributed by atoms with E-state index in [0.717, 1.165) is 32.6 Å². The predicted molar refractivity (Wildman–Crippen MR) is 63.2 cm³/mol. The number of ether oxygens (including phenoxy) is 1. The molecule has 0 amide bonds. The monoisotopic (exact) mass is 236 g/mol. The van der Waals surface area contributed by atoms with E-state index in [1.165, 1.54) is 12.3 Å². The zero-order valence-corrected chi connectivity index (χ0v) is 9.56. The van der Waals surface area contributed by atoms with Gasteiger partial charge in [0.1, 0.15) is 0 Å². The summed E-state index contributed by atoms with van der Waals surface area (Å²) in [6, 6.07) is 1.50. The lowest BCUT2D eigenvalue weighted by Gasteiger charge is -2.22. The van der Waals surface area contributed by atoms with Crippen LogP contribution in [0.5, 0.6) is 0 Å². The van der Waals surface area contributed by atoms with Gasteiger partial charge in [-0.2, -0.15) is 0 Å². The number of carboxylic acid groups (broad SMARTS) is 1. The minimum absolute atomic E-state index is 0.261. The van der Waals surface area contributed by atoms with E-state index in [2.05, 4.69) is 10.3 Å². The first-order valence-electron chi connectivity index (χ1n) is 5.76. The number of carbonyl (C=O) groups is 1. The fourth-order valence-electron chi connectivity index (χ4n) is 1.94. The molecule has 1 unspecified atom stereocenters. The van der Waals surface area contributed by atoms with Crippen molar-refractivity contribution in [3.8, 4) is 0 Å². The lowest BCUT2D eigenvalue weighted by atomic mass is 10.0. The molecule has 0 bridgehead atoms. The molecule has 92 valence electrons. The Kier molecular flexibility index (Phi) is 3.93. The van der Waals surface area contributed by atoms with Gasteiger partial charge >= 0.3 is 5.97 Å². The topological polar surface area (TPSA) is 71.5 Å². The van der Waals surface area contributed by atoms with Crippen LogP contribution in [0.1, 0.15) is 23.2 Å². The minimum Gasteiger partial charge on any atom is -0.478 e. The largest absolute Gasteiger partial charge is 0.478 e. The Bertz CT molecular complexity index is 389. The number of anilines is 1. The summed E-state index contributed by atoms with van der Waals surface area (Å²) in [7, 11) is 0. The molecule has 1 saturated heterocycles. The summed E-state index contributed by atoms with van der Waals surface area (Å²) in [6.07, 6.45) is 5.23. The van der Waals surface area contributed by atoms with Gasteiger partial charge in [-0.05, 0) is 24.8 Å². The molecule has 1 aliphatic heterocycles. The van der Waals surface area contributed by atoms with Crippen LogP contribution in [-0.4, -0.2) is 35.8 Å². The van der Waals surface area contributed by atoms with E-state index in [-0.39, 0.29) is 5.56 Å². The lowest BCUT2D eigenvalue weighted by molar-refractivity contribution is 0.0595. The Labute approximate surface area is 99.8 Å².